The van der Waals surface area contributed by atoms with Gasteiger partial charge in [0.05, 0.1) is 30.2 Å². The number of aryl methyl sites for hydroxylation is 2. The highest BCUT2D eigenvalue weighted by Crippen LogP contribution is 2.25. The van der Waals surface area contributed by atoms with Crippen LogP contribution in [0.4, 0.5) is 5.69 Å². The molecule has 1 unspecified atom stereocenters. The standard InChI is InChI=1S/C15H27N3O2/c1-11-4-6-14(7-5-11)20-10-13(19)8-16-15-9-18(3)17-12(15)2/h9,11,13-14,16,19H,4-8,10H2,1-3H3. The molecule has 0 aromatic carbocycles. The van der Waals surface area contributed by atoms with Crippen LogP contribution in [0.1, 0.15) is 38.3 Å². The van der Waals surface area contributed by atoms with E-state index in [4.69, 9.17) is 4.74 Å². The largest absolute Gasteiger partial charge is 0.389 e. The van der Waals surface area contributed by atoms with Crippen LogP contribution in [-0.4, -0.2) is 40.2 Å². The highest BCUT2D eigenvalue weighted by Gasteiger charge is 2.19. The number of hydrogen-bond acceptors (Lipinski definition) is 4. The van der Waals surface area contributed by atoms with Crippen molar-refractivity contribution in [3.05, 3.63) is 11.9 Å². The summed E-state index contributed by atoms with van der Waals surface area (Å²) in [5, 5.41) is 17.4. The number of ether oxygens (including phenoxy) is 1. The zero-order valence-corrected chi connectivity index (χ0v) is 12.8. The second kappa shape index (κ2) is 7.09. The van der Waals surface area contributed by atoms with Gasteiger partial charge in [0, 0.05) is 19.8 Å². The van der Waals surface area contributed by atoms with Gasteiger partial charge in [-0.05, 0) is 38.5 Å². The molecule has 0 radical (unpaired) electrons. The van der Waals surface area contributed by atoms with Gasteiger partial charge in [-0.3, -0.25) is 4.68 Å². The molecule has 1 saturated carbocycles. The van der Waals surface area contributed by atoms with Crippen LogP contribution in [0.25, 0.3) is 0 Å². The molecule has 5 nitrogen and oxygen atoms in total. The van der Waals surface area contributed by atoms with Crippen LogP contribution >= 0.6 is 0 Å². The number of hydrogen-bond donors (Lipinski definition) is 2. The fraction of sp³-hybridized carbons (Fsp3) is 0.800. The molecule has 0 aliphatic heterocycles. The Labute approximate surface area is 121 Å². The molecule has 1 aliphatic carbocycles. The van der Waals surface area contributed by atoms with E-state index in [0.29, 0.717) is 19.3 Å². The number of nitrogens with zero attached hydrogens (tertiary/aromatic N) is 2. The Kier molecular flexibility index (Phi) is 5.43. The Morgan fingerprint density at radius 1 is 1.45 bits per heavy atom. The second-order valence-electron chi connectivity index (χ2n) is 6.05. The molecule has 1 fully saturated rings. The number of rotatable bonds is 6. The quantitative estimate of drug-likeness (QED) is 0.838. The summed E-state index contributed by atoms with van der Waals surface area (Å²) in [6, 6.07) is 0. The first kappa shape index (κ1) is 15.3. The lowest BCUT2D eigenvalue weighted by molar-refractivity contribution is -0.0245. The molecule has 1 aliphatic rings. The predicted molar refractivity (Wildman–Crippen MR) is 79.8 cm³/mol. The number of anilines is 1. The van der Waals surface area contributed by atoms with Gasteiger partial charge in [-0.25, -0.2) is 0 Å². The number of aliphatic hydroxyl groups is 1. The molecule has 1 atom stereocenters. The minimum absolute atomic E-state index is 0.334. The van der Waals surface area contributed by atoms with Crippen LogP contribution in [0.5, 0.6) is 0 Å². The van der Waals surface area contributed by atoms with Crippen LogP contribution in [0.15, 0.2) is 6.20 Å². The van der Waals surface area contributed by atoms with Crippen molar-refractivity contribution in [2.24, 2.45) is 13.0 Å². The monoisotopic (exact) mass is 281 g/mol. The molecule has 0 amide bonds. The second-order valence-corrected chi connectivity index (χ2v) is 6.05. The molecule has 1 heterocycles. The molecule has 1 aromatic heterocycles. The Morgan fingerprint density at radius 3 is 2.75 bits per heavy atom. The first-order chi connectivity index (χ1) is 9.54. The highest BCUT2D eigenvalue weighted by molar-refractivity contribution is 5.45. The zero-order chi connectivity index (χ0) is 14.5. The van der Waals surface area contributed by atoms with E-state index < -0.39 is 6.10 Å². The Balaban J connectivity index is 1.65. The van der Waals surface area contributed by atoms with Gasteiger partial charge in [0.15, 0.2) is 0 Å². The maximum Gasteiger partial charge on any atom is 0.0945 e. The lowest BCUT2D eigenvalue weighted by atomic mass is 9.89. The molecule has 2 rings (SSSR count). The number of nitrogens with one attached hydrogen (secondary N) is 1. The third-order valence-corrected chi connectivity index (χ3v) is 4.03. The molecule has 0 saturated heterocycles. The van der Waals surface area contributed by atoms with Gasteiger partial charge in [-0.1, -0.05) is 6.92 Å². The van der Waals surface area contributed by atoms with Crippen molar-refractivity contribution in [2.75, 3.05) is 18.5 Å². The first-order valence-electron chi connectivity index (χ1n) is 7.58. The summed E-state index contributed by atoms with van der Waals surface area (Å²) in [6.07, 6.45) is 6.52. The van der Waals surface area contributed by atoms with Gasteiger partial charge in [0.25, 0.3) is 0 Å². The van der Waals surface area contributed by atoms with Gasteiger partial charge in [0.1, 0.15) is 0 Å². The SMILES string of the molecule is Cc1nn(C)cc1NCC(O)COC1CCC(C)CC1. The lowest BCUT2D eigenvalue weighted by Crippen LogP contribution is -2.29. The van der Waals surface area contributed by atoms with Crippen molar-refractivity contribution in [3.8, 4) is 0 Å². The summed E-state index contributed by atoms with van der Waals surface area (Å²) < 4.78 is 7.57. The van der Waals surface area contributed by atoms with E-state index in [1.165, 1.54) is 12.8 Å². The first-order valence-corrected chi connectivity index (χ1v) is 7.58. The molecule has 0 bridgehead atoms. The van der Waals surface area contributed by atoms with E-state index >= 15 is 0 Å². The third-order valence-electron chi connectivity index (χ3n) is 4.03. The average molecular weight is 281 g/mol. The predicted octanol–water partition coefficient (Wildman–Crippen LogP) is 2.10. The maximum absolute atomic E-state index is 9.98. The smallest absolute Gasteiger partial charge is 0.0945 e. The summed E-state index contributed by atoms with van der Waals surface area (Å²) in [5.74, 6) is 0.829. The van der Waals surface area contributed by atoms with E-state index in [-0.39, 0.29) is 0 Å². The summed E-state index contributed by atoms with van der Waals surface area (Å²) in [5.41, 5.74) is 1.92. The molecular formula is C15H27N3O2. The van der Waals surface area contributed by atoms with Crippen molar-refractivity contribution in [1.29, 1.82) is 0 Å². The molecule has 1 aromatic rings. The summed E-state index contributed by atoms with van der Waals surface area (Å²) in [4.78, 5) is 0. The minimum Gasteiger partial charge on any atom is -0.389 e. The van der Waals surface area contributed by atoms with E-state index in [9.17, 15) is 5.11 Å². The van der Waals surface area contributed by atoms with Crippen LogP contribution in [0.2, 0.25) is 0 Å². The van der Waals surface area contributed by atoms with Gasteiger partial charge >= 0.3 is 0 Å². The van der Waals surface area contributed by atoms with Crippen molar-refractivity contribution in [3.63, 3.8) is 0 Å². The van der Waals surface area contributed by atoms with Gasteiger partial charge < -0.3 is 15.2 Å². The van der Waals surface area contributed by atoms with Crippen molar-refractivity contribution in [2.45, 2.75) is 51.7 Å². The minimum atomic E-state index is -0.478. The fourth-order valence-electron chi connectivity index (χ4n) is 2.70. The molecular weight excluding hydrogens is 254 g/mol. The molecule has 114 valence electrons. The van der Waals surface area contributed by atoms with E-state index in [1.807, 2.05) is 20.2 Å². The lowest BCUT2D eigenvalue weighted by Gasteiger charge is -2.27. The normalized spacial score (nSPS) is 24.6. The Morgan fingerprint density at radius 2 is 2.15 bits per heavy atom. The molecule has 2 N–H and O–H groups in total. The van der Waals surface area contributed by atoms with Crippen molar-refractivity contribution >= 4 is 5.69 Å². The van der Waals surface area contributed by atoms with Crippen molar-refractivity contribution < 1.29 is 9.84 Å². The van der Waals surface area contributed by atoms with Crippen LogP contribution in [0.3, 0.4) is 0 Å². The number of aromatic nitrogens is 2. The summed E-state index contributed by atoms with van der Waals surface area (Å²) in [7, 11) is 1.89. The zero-order valence-electron chi connectivity index (χ0n) is 12.8. The summed E-state index contributed by atoms with van der Waals surface area (Å²) >= 11 is 0. The molecule has 5 heteroatoms. The third kappa shape index (κ3) is 4.49. The van der Waals surface area contributed by atoms with Crippen LogP contribution in [0, 0.1) is 12.8 Å². The van der Waals surface area contributed by atoms with Gasteiger partial charge in [0.2, 0.25) is 0 Å². The Hall–Kier alpha value is -1.07. The van der Waals surface area contributed by atoms with Gasteiger partial charge in [-0.15, -0.1) is 0 Å². The molecule has 20 heavy (non-hydrogen) atoms. The summed E-state index contributed by atoms with van der Waals surface area (Å²) in [6.45, 7) is 5.15. The van der Waals surface area contributed by atoms with Gasteiger partial charge in [-0.2, -0.15) is 5.10 Å². The average Bonchev–Trinajstić information content (AvgIpc) is 2.74. The fourth-order valence-corrected chi connectivity index (χ4v) is 2.70. The number of aliphatic hydroxyl groups excluding tert-OH is 1. The topological polar surface area (TPSA) is 59.3 Å². The van der Waals surface area contributed by atoms with Crippen LogP contribution < -0.4 is 5.32 Å². The maximum atomic E-state index is 9.98. The highest BCUT2D eigenvalue weighted by atomic mass is 16.5. The van der Waals surface area contributed by atoms with Crippen LogP contribution in [-0.2, 0) is 11.8 Å². The van der Waals surface area contributed by atoms with E-state index in [2.05, 4.69) is 17.3 Å². The van der Waals surface area contributed by atoms with Crippen molar-refractivity contribution in [1.82, 2.24) is 9.78 Å². The Bertz CT molecular complexity index is 411. The van der Waals surface area contributed by atoms with E-state index in [0.717, 1.165) is 30.1 Å². The molecule has 0 spiro atoms. The van der Waals surface area contributed by atoms with E-state index in [1.54, 1.807) is 4.68 Å².